The van der Waals surface area contributed by atoms with Crippen LogP contribution in [-0.2, 0) is 18.2 Å². The van der Waals surface area contributed by atoms with Gasteiger partial charge in [-0.1, -0.05) is 0 Å². The van der Waals surface area contributed by atoms with Gasteiger partial charge in [0.15, 0.2) is 0 Å². The molecule has 0 aliphatic heterocycles. The average Bonchev–Trinajstić information content (AvgIpc) is 2.56. The van der Waals surface area contributed by atoms with Gasteiger partial charge < -0.3 is 14.6 Å². The molecule has 1 aromatic heterocycles. The van der Waals surface area contributed by atoms with Crippen LogP contribution in [0.2, 0.25) is 0 Å². The lowest BCUT2D eigenvalue weighted by atomic mass is 10.2. The summed E-state index contributed by atoms with van der Waals surface area (Å²) in [7, 11) is 1.96. The van der Waals surface area contributed by atoms with Crippen LogP contribution in [0, 0.1) is 0 Å². The van der Waals surface area contributed by atoms with E-state index in [1.165, 1.54) is 0 Å². The first kappa shape index (κ1) is 13.1. The van der Waals surface area contributed by atoms with E-state index in [4.69, 9.17) is 4.74 Å². The minimum absolute atomic E-state index is 0.0503. The summed E-state index contributed by atoms with van der Waals surface area (Å²) < 4.78 is 7.53. The molecule has 0 bridgehead atoms. The highest BCUT2D eigenvalue weighted by Crippen LogP contribution is 2.04. The Morgan fingerprint density at radius 3 is 2.69 bits per heavy atom. The fraction of sp³-hybridized carbons (Fsp3) is 0.818. The molecule has 0 spiro atoms. The molecule has 1 N–H and O–H groups in total. The summed E-state index contributed by atoms with van der Waals surface area (Å²) in [5, 5.41) is 11.2. The van der Waals surface area contributed by atoms with Crippen LogP contribution in [0.5, 0.6) is 0 Å². The third kappa shape index (κ3) is 5.23. The summed E-state index contributed by atoms with van der Waals surface area (Å²) in [4.78, 5) is 0. The van der Waals surface area contributed by atoms with Crippen LogP contribution in [0.4, 0.5) is 0 Å². The molecule has 0 saturated carbocycles. The van der Waals surface area contributed by atoms with E-state index in [1.807, 2.05) is 11.6 Å². The first-order chi connectivity index (χ1) is 7.49. The fourth-order valence-electron chi connectivity index (χ4n) is 1.29. The van der Waals surface area contributed by atoms with Crippen molar-refractivity contribution in [3.05, 3.63) is 12.2 Å². The SMILES string of the molecule is Cn1cnnc1CCNCCOC(C)(C)C. The molecule has 5 heteroatoms. The number of rotatable bonds is 6. The lowest BCUT2D eigenvalue weighted by Gasteiger charge is -2.19. The van der Waals surface area contributed by atoms with E-state index in [9.17, 15) is 0 Å². The van der Waals surface area contributed by atoms with Gasteiger partial charge in [-0.25, -0.2) is 0 Å². The van der Waals surface area contributed by atoms with E-state index in [1.54, 1.807) is 6.33 Å². The number of hydrogen-bond donors (Lipinski definition) is 1. The van der Waals surface area contributed by atoms with Crippen molar-refractivity contribution in [1.82, 2.24) is 20.1 Å². The van der Waals surface area contributed by atoms with Gasteiger partial charge in [-0.15, -0.1) is 10.2 Å². The van der Waals surface area contributed by atoms with Gasteiger partial charge in [0.1, 0.15) is 12.2 Å². The van der Waals surface area contributed by atoms with E-state index in [0.29, 0.717) is 0 Å². The Morgan fingerprint density at radius 2 is 2.12 bits per heavy atom. The third-order valence-electron chi connectivity index (χ3n) is 2.14. The van der Waals surface area contributed by atoms with E-state index < -0.39 is 0 Å². The summed E-state index contributed by atoms with van der Waals surface area (Å²) in [5.74, 6) is 1.00. The smallest absolute Gasteiger partial charge is 0.133 e. The Labute approximate surface area is 97.2 Å². The van der Waals surface area contributed by atoms with Crippen LogP contribution in [0.25, 0.3) is 0 Å². The monoisotopic (exact) mass is 226 g/mol. The maximum absolute atomic E-state index is 5.59. The summed E-state index contributed by atoms with van der Waals surface area (Å²) in [6, 6.07) is 0. The Kier molecular flexibility index (Phi) is 4.89. The van der Waals surface area contributed by atoms with Crippen LogP contribution in [-0.4, -0.2) is 40.1 Å². The van der Waals surface area contributed by atoms with Crippen molar-refractivity contribution in [3.63, 3.8) is 0 Å². The molecule has 1 rings (SSSR count). The molecule has 0 fully saturated rings. The highest BCUT2D eigenvalue weighted by molar-refractivity contribution is 4.84. The predicted octanol–water partition coefficient (Wildman–Crippen LogP) is 0.762. The molecule has 0 unspecified atom stereocenters. The van der Waals surface area contributed by atoms with Crippen LogP contribution in [0.1, 0.15) is 26.6 Å². The van der Waals surface area contributed by atoms with Crippen LogP contribution in [0.15, 0.2) is 6.33 Å². The van der Waals surface area contributed by atoms with Gasteiger partial charge in [0.25, 0.3) is 0 Å². The van der Waals surface area contributed by atoms with Crippen molar-refractivity contribution in [2.24, 2.45) is 7.05 Å². The van der Waals surface area contributed by atoms with Gasteiger partial charge in [-0.05, 0) is 20.8 Å². The highest BCUT2D eigenvalue weighted by Gasteiger charge is 2.08. The van der Waals surface area contributed by atoms with Gasteiger partial charge in [-0.3, -0.25) is 0 Å². The zero-order valence-corrected chi connectivity index (χ0v) is 10.7. The normalized spacial score (nSPS) is 12.0. The van der Waals surface area contributed by atoms with E-state index in [0.717, 1.165) is 31.9 Å². The maximum Gasteiger partial charge on any atom is 0.133 e. The second-order valence-corrected chi connectivity index (χ2v) is 4.82. The van der Waals surface area contributed by atoms with Crippen molar-refractivity contribution in [1.29, 1.82) is 0 Å². The Hall–Kier alpha value is -0.940. The van der Waals surface area contributed by atoms with Crippen LogP contribution < -0.4 is 5.32 Å². The second kappa shape index (κ2) is 5.96. The Morgan fingerprint density at radius 1 is 1.38 bits per heavy atom. The summed E-state index contributed by atoms with van der Waals surface area (Å²) in [5.41, 5.74) is -0.0503. The number of nitrogens with zero attached hydrogens (tertiary/aromatic N) is 3. The lowest BCUT2D eigenvalue weighted by molar-refractivity contribution is -0.000721. The quantitative estimate of drug-likeness (QED) is 0.728. The van der Waals surface area contributed by atoms with Crippen molar-refractivity contribution in [2.75, 3.05) is 19.7 Å². The molecular weight excluding hydrogens is 204 g/mol. The number of hydrogen-bond acceptors (Lipinski definition) is 4. The van der Waals surface area contributed by atoms with Crippen molar-refractivity contribution in [3.8, 4) is 0 Å². The summed E-state index contributed by atoms with van der Waals surface area (Å²) >= 11 is 0. The molecule has 1 aromatic rings. The minimum Gasteiger partial charge on any atom is -0.375 e. The Balaban J connectivity index is 2.03. The summed E-state index contributed by atoms with van der Waals surface area (Å²) in [6.07, 6.45) is 2.62. The predicted molar refractivity (Wildman–Crippen MR) is 63.3 cm³/mol. The molecule has 0 amide bonds. The number of ether oxygens (including phenoxy) is 1. The standard InChI is InChI=1S/C11H22N4O/c1-11(2,3)16-8-7-12-6-5-10-14-13-9-15(10)4/h9,12H,5-8H2,1-4H3. The zero-order chi connectivity index (χ0) is 12.0. The highest BCUT2D eigenvalue weighted by atomic mass is 16.5. The largest absolute Gasteiger partial charge is 0.375 e. The minimum atomic E-state index is -0.0503. The third-order valence-corrected chi connectivity index (χ3v) is 2.14. The van der Waals surface area contributed by atoms with E-state index >= 15 is 0 Å². The van der Waals surface area contributed by atoms with Gasteiger partial charge in [-0.2, -0.15) is 0 Å². The Bertz CT molecular complexity index is 303. The molecule has 5 nitrogen and oxygen atoms in total. The lowest BCUT2D eigenvalue weighted by Crippen LogP contribution is -2.28. The molecule has 1 heterocycles. The summed E-state index contributed by atoms with van der Waals surface area (Å²) in [6.45, 7) is 8.70. The van der Waals surface area contributed by atoms with Crippen molar-refractivity contribution < 1.29 is 4.74 Å². The molecule has 0 aliphatic rings. The molecule has 92 valence electrons. The molecule has 16 heavy (non-hydrogen) atoms. The van der Waals surface area contributed by atoms with Crippen LogP contribution >= 0.6 is 0 Å². The van der Waals surface area contributed by atoms with Gasteiger partial charge in [0.2, 0.25) is 0 Å². The zero-order valence-electron chi connectivity index (χ0n) is 10.7. The fourth-order valence-corrected chi connectivity index (χ4v) is 1.29. The molecule has 0 saturated heterocycles. The van der Waals surface area contributed by atoms with Gasteiger partial charge in [0, 0.05) is 26.6 Å². The number of aryl methyl sites for hydroxylation is 1. The van der Waals surface area contributed by atoms with Crippen molar-refractivity contribution >= 4 is 0 Å². The molecular formula is C11H22N4O. The van der Waals surface area contributed by atoms with Crippen molar-refractivity contribution in [2.45, 2.75) is 32.8 Å². The molecule has 0 aromatic carbocycles. The first-order valence-electron chi connectivity index (χ1n) is 5.66. The number of aromatic nitrogens is 3. The van der Waals surface area contributed by atoms with Crippen LogP contribution in [0.3, 0.4) is 0 Å². The van der Waals surface area contributed by atoms with E-state index in [2.05, 4.69) is 36.3 Å². The first-order valence-corrected chi connectivity index (χ1v) is 5.66. The molecule has 0 aliphatic carbocycles. The molecule has 0 radical (unpaired) electrons. The maximum atomic E-state index is 5.59. The average molecular weight is 226 g/mol. The second-order valence-electron chi connectivity index (χ2n) is 4.82. The topological polar surface area (TPSA) is 52.0 Å². The van der Waals surface area contributed by atoms with Gasteiger partial charge in [0.05, 0.1) is 12.2 Å². The van der Waals surface area contributed by atoms with Gasteiger partial charge >= 0.3 is 0 Å². The van der Waals surface area contributed by atoms with E-state index in [-0.39, 0.29) is 5.60 Å². The number of nitrogens with one attached hydrogen (secondary N) is 1. The molecule has 0 atom stereocenters.